The summed E-state index contributed by atoms with van der Waals surface area (Å²) >= 11 is 0. The van der Waals surface area contributed by atoms with E-state index in [1.165, 1.54) is 18.1 Å². The van der Waals surface area contributed by atoms with Crippen molar-refractivity contribution in [2.45, 2.75) is 56.2 Å². The molecule has 0 amide bonds. The summed E-state index contributed by atoms with van der Waals surface area (Å²) < 4.78 is 19.4. The zero-order valence-corrected chi connectivity index (χ0v) is 15.0. The van der Waals surface area contributed by atoms with Gasteiger partial charge in [-0.05, 0) is 67.7 Å². The van der Waals surface area contributed by atoms with Crippen LogP contribution >= 0.6 is 0 Å². The highest BCUT2D eigenvalue weighted by molar-refractivity contribution is 5.34. The Labute approximate surface area is 154 Å². The predicted octanol–water partition coefficient (Wildman–Crippen LogP) is 4.11. The highest BCUT2D eigenvalue weighted by atomic mass is 19.1. The SMILES string of the molecule is NC1CCC(N)(C2CC2c2ccc(OCc3ccccc3F)cc2)CC1. The van der Waals surface area contributed by atoms with Gasteiger partial charge in [-0.1, -0.05) is 30.3 Å². The molecule has 4 rings (SSSR count). The molecule has 0 spiro atoms. The quantitative estimate of drug-likeness (QED) is 0.849. The Balaban J connectivity index is 1.35. The molecule has 2 fully saturated rings. The molecule has 2 aliphatic rings. The molecule has 2 aromatic rings. The molecule has 0 aliphatic heterocycles. The number of rotatable bonds is 5. The molecule has 2 aromatic carbocycles. The van der Waals surface area contributed by atoms with E-state index in [9.17, 15) is 4.39 Å². The fourth-order valence-corrected chi connectivity index (χ4v) is 4.33. The molecule has 0 bridgehead atoms. The second-order valence-electron chi connectivity index (χ2n) is 7.97. The van der Waals surface area contributed by atoms with Crippen molar-refractivity contribution in [2.24, 2.45) is 17.4 Å². The van der Waals surface area contributed by atoms with Crippen LogP contribution in [0.2, 0.25) is 0 Å². The fraction of sp³-hybridized carbons (Fsp3) is 0.455. The number of ether oxygens (including phenoxy) is 1. The van der Waals surface area contributed by atoms with Gasteiger partial charge in [-0.3, -0.25) is 0 Å². The van der Waals surface area contributed by atoms with Gasteiger partial charge in [0.25, 0.3) is 0 Å². The summed E-state index contributed by atoms with van der Waals surface area (Å²) in [5, 5.41) is 0. The van der Waals surface area contributed by atoms with Crippen LogP contribution in [-0.2, 0) is 6.61 Å². The van der Waals surface area contributed by atoms with Gasteiger partial charge in [0.05, 0.1) is 0 Å². The molecule has 26 heavy (non-hydrogen) atoms. The minimum absolute atomic E-state index is 0.0411. The van der Waals surface area contributed by atoms with E-state index in [0.29, 0.717) is 23.4 Å². The summed E-state index contributed by atoms with van der Waals surface area (Å²) in [6.45, 7) is 0.240. The first-order valence-corrected chi connectivity index (χ1v) is 9.56. The maximum atomic E-state index is 13.7. The maximum absolute atomic E-state index is 13.7. The maximum Gasteiger partial charge on any atom is 0.129 e. The smallest absolute Gasteiger partial charge is 0.129 e. The zero-order chi connectivity index (χ0) is 18.1. The molecule has 138 valence electrons. The molecule has 2 unspecified atom stereocenters. The first kappa shape index (κ1) is 17.5. The molecule has 4 heteroatoms. The largest absolute Gasteiger partial charge is 0.489 e. The van der Waals surface area contributed by atoms with Gasteiger partial charge in [-0.25, -0.2) is 4.39 Å². The molecular formula is C22H27FN2O. The number of nitrogens with two attached hydrogens (primary N) is 2. The third-order valence-corrected chi connectivity index (χ3v) is 6.15. The molecule has 2 atom stereocenters. The second-order valence-corrected chi connectivity index (χ2v) is 7.97. The van der Waals surface area contributed by atoms with Crippen molar-refractivity contribution < 1.29 is 9.13 Å². The van der Waals surface area contributed by atoms with Gasteiger partial charge in [0.2, 0.25) is 0 Å². The lowest BCUT2D eigenvalue weighted by Crippen LogP contribution is -2.48. The van der Waals surface area contributed by atoms with E-state index >= 15 is 0 Å². The van der Waals surface area contributed by atoms with Crippen molar-refractivity contribution in [3.63, 3.8) is 0 Å². The summed E-state index contributed by atoms with van der Waals surface area (Å²) in [5.74, 6) is 1.65. The van der Waals surface area contributed by atoms with E-state index in [0.717, 1.165) is 31.4 Å². The van der Waals surface area contributed by atoms with Gasteiger partial charge >= 0.3 is 0 Å². The third-order valence-electron chi connectivity index (χ3n) is 6.15. The Hall–Kier alpha value is -1.91. The Morgan fingerprint density at radius 3 is 2.42 bits per heavy atom. The number of halogens is 1. The van der Waals surface area contributed by atoms with E-state index in [2.05, 4.69) is 12.1 Å². The van der Waals surface area contributed by atoms with Crippen LogP contribution in [0.1, 0.15) is 49.1 Å². The number of hydrogen-bond acceptors (Lipinski definition) is 3. The molecule has 0 saturated heterocycles. The number of hydrogen-bond donors (Lipinski definition) is 2. The summed E-state index contributed by atoms with van der Waals surface area (Å²) in [6.07, 6.45) is 5.34. The standard InChI is InChI=1S/C22H27FN2O/c23-21-4-2-1-3-16(21)14-26-18-7-5-15(6-8-18)19-13-20(19)22(25)11-9-17(24)10-12-22/h1-8,17,19-20H,9-14,24-25H2. The van der Waals surface area contributed by atoms with Gasteiger partial charge in [-0.2, -0.15) is 0 Å². The van der Waals surface area contributed by atoms with Gasteiger partial charge in [0.1, 0.15) is 18.2 Å². The monoisotopic (exact) mass is 354 g/mol. The molecule has 2 aliphatic carbocycles. The lowest BCUT2D eigenvalue weighted by molar-refractivity contribution is 0.239. The summed E-state index contributed by atoms with van der Waals surface area (Å²) in [4.78, 5) is 0. The summed E-state index contributed by atoms with van der Waals surface area (Å²) in [7, 11) is 0. The minimum atomic E-state index is -0.231. The molecule has 4 N–H and O–H groups in total. The predicted molar refractivity (Wildman–Crippen MR) is 101 cm³/mol. The molecule has 0 radical (unpaired) electrons. The van der Waals surface area contributed by atoms with Crippen LogP contribution in [0.3, 0.4) is 0 Å². The van der Waals surface area contributed by atoms with Crippen LogP contribution in [0.15, 0.2) is 48.5 Å². The third kappa shape index (κ3) is 3.62. The highest BCUT2D eigenvalue weighted by Gasteiger charge is 2.51. The van der Waals surface area contributed by atoms with E-state index in [-0.39, 0.29) is 18.0 Å². The Morgan fingerprint density at radius 1 is 1.04 bits per heavy atom. The zero-order valence-electron chi connectivity index (χ0n) is 15.0. The Kier molecular flexibility index (Phi) is 4.72. The first-order chi connectivity index (χ1) is 12.5. The van der Waals surface area contributed by atoms with Crippen LogP contribution in [0.25, 0.3) is 0 Å². The molecule has 0 heterocycles. The topological polar surface area (TPSA) is 61.3 Å². The van der Waals surface area contributed by atoms with Crippen LogP contribution in [-0.4, -0.2) is 11.6 Å². The number of benzene rings is 2. The summed E-state index contributed by atoms with van der Waals surface area (Å²) in [6, 6.07) is 15.2. The highest BCUT2D eigenvalue weighted by Crippen LogP contribution is 2.56. The Morgan fingerprint density at radius 2 is 1.73 bits per heavy atom. The average molecular weight is 354 g/mol. The Bertz CT molecular complexity index is 753. The van der Waals surface area contributed by atoms with Crippen molar-refractivity contribution in [2.75, 3.05) is 0 Å². The van der Waals surface area contributed by atoms with Crippen molar-refractivity contribution in [3.05, 3.63) is 65.5 Å². The minimum Gasteiger partial charge on any atom is -0.489 e. The fourth-order valence-electron chi connectivity index (χ4n) is 4.33. The van der Waals surface area contributed by atoms with Gasteiger partial charge in [-0.15, -0.1) is 0 Å². The lowest BCUT2D eigenvalue weighted by atomic mass is 9.76. The van der Waals surface area contributed by atoms with Crippen LogP contribution in [0.5, 0.6) is 5.75 Å². The first-order valence-electron chi connectivity index (χ1n) is 9.56. The van der Waals surface area contributed by atoms with Crippen molar-refractivity contribution in [1.82, 2.24) is 0 Å². The van der Waals surface area contributed by atoms with E-state index in [1.807, 2.05) is 18.2 Å². The van der Waals surface area contributed by atoms with E-state index in [1.54, 1.807) is 12.1 Å². The average Bonchev–Trinajstić information content (AvgIpc) is 3.46. The van der Waals surface area contributed by atoms with Crippen molar-refractivity contribution >= 4 is 0 Å². The van der Waals surface area contributed by atoms with Crippen LogP contribution in [0, 0.1) is 11.7 Å². The van der Waals surface area contributed by atoms with Gasteiger partial charge < -0.3 is 16.2 Å². The second kappa shape index (κ2) is 7.01. The van der Waals surface area contributed by atoms with Crippen molar-refractivity contribution in [1.29, 1.82) is 0 Å². The van der Waals surface area contributed by atoms with Crippen LogP contribution in [0.4, 0.5) is 4.39 Å². The lowest BCUT2D eigenvalue weighted by Gasteiger charge is -2.36. The van der Waals surface area contributed by atoms with Gasteiger partial charge in [0.15, 0.2) is 0 Å². The molecule has 2 saturated carbocycles. The van der Waals surface area contributed by atoms with E-state index in [4.69, 9.17) is 16.2 Å². The van der Waals surface area contributed by atoms with E-state index < -0.39 is 0 Å². The molecule has 0 aromatic heterocycles. The summed E-state index contributed by atoms with van der Waals surface area (Å²) in [5.41, 5.74) is 14.6. The normalized spacial score (nSPS) is 30.8. The molecular weight excluding hydrogens is 327 g/mol. The van der Waals surface area contributed by atoms with Crippen molar-refractivity contribution in [3.8, 4) is 5.75 Å². The molecule has 3 nitrogen and oxygen atoms in total. The van der Waals surface area contributed by atoms with Gasteiger partial charge in [0, 0.05) is 17.1 Å². The van der Waals surface area contributed by atoms with Crippen LogP contribution < -0.4 is 16.2 Å².